The van der Waals surface area contributed by atoms with Crippen molar-refractivity contribution in [3.63, 3.8) is 0 Å². The summed E-state index contributed by atoms with van der Waals surface area (Å²) in [5.41, 5.74) is 6.22. The third-order valence-corrected chi connectivity index (χ3v) is 4.56. The predicted molar refractivity (Wildman–Crippen MR) is 76.7 cm³/mol. The quantitative estimate of drug-likeness (QED) is 0.808. The van der Waals surface area contributed by atoms with Gasteiger partial charge >= 0.3 is 7.12 Å². The van der Waals surface area contributed by atoms with Gasteiger partial charge in [0.15, 0.2) is 0 Å². The molecule has 1 fully saturated rings. The average Bonchev–Trinajstić information content (AvgIpc) is 2.48. The number of nitrogens with zero attached hydrogens (tertiary/aromatic N) is 1. The van der Waals surface area contributed by atoms with E-state index < -0.39 is 29.1 Å². The minimum absolute atomic E-state index is 0.432. The molecule has 0 radical (unpaired) electrons. The van der Waals surface area contributed by atoms with Crippen LogP contribution in [0, 0.1) is 0 Å². The third kappa shape index (κ3) is 2.54. The van der Waals surface area contributed by atoms with Crippen LogP contribution in [0.1, 0.15) is 27.7 Å². The fourth-order valence-corrected chi connectivity index (χ4v) is 2.29. The first kappa shape index (κ1) is 14.5. The number of nitrogens with two attached hydrogens (primary N) is 1. The normalized spacial score (nSPS) is 22.5. The van der Waals surface area contributed by atoms with Crippen LogP contribution in [0.2, 0.25) is 0 Å². The second kappa shape index (κ2) is 4.57. The smallest absolute Gasteiger partial charge is 0.399 e. The highest BCUT2D eigenvalue weighted by Gasteiger charge is 2.52. The molecule has 2 N–H and O–H groups in total. The number of anilines is 1. The maximum absolute atomic E-state index is 11.5. The number of aromatic nitrogens is 1. The average molecular weight is 282 g/mol. The zero-order valence-electron chi connectivity index (χ0n) is 11.9. The summed E-state index contributed by atoms with van der Waals surface area (Å²) < 4.78 is 23.4. The monoisotopic (exact) mass is 282 g/mol. The molecule has 1 aliphatic rings. The van der Waals surface area contributed by atoms with E-state index in [2.05, 4.69) is 4.98 Å². The molecule has 0 saturated carbocycles. The maximum Gasteiger partial charge on any atom is 0.497 e. The molecule has 1 aromatic rings. The van der Waals surface area contributed by atoms with Crippen molar-refractivity contribution in [1.82, 2.24) is 4.98 Å². The van der Waals surface area contributed by atoms with Crippen molar-refractivity contribution in [3.05, 3.63) is 12.3 Å². The summed E-state index contributed by atoms with van der Waals surface area (Å²) >= 11 is 0. The van der Waals surface area contributed by atoms with Crippen LogP contribution >= 0.6 is 0 Å². The van der Waals surface area contributed by atoms with Gasteiger partial charge in [-0.2, -0.15) is 0 Å². The van der Waals surface area contributed by atoms with Crippen LogP contribution in [0.4, 0.5) is 5.69 Å². The zero-order valence-corrected chi connectivity index (χ0v) is 12.7. The molecule has 1 saturated heterocycles. The van der Waals surface area contributed by atoms with Crippen molar-refractivity contribution in [1.29, 1.82) is 0 Å². The van der Waals surface area contributed by atoms with Crippen LogP contribution < -0.4 is 11.2 Å². The van der Waals surface area contributed by atoms with Gasteiger partial charge in [-0.1, -0.05) is 0 Å². The van der Waals surface area contributed by atoms with E-state index in [9.17, 15) is 4.21 Å². The number of nitrogen functional groups attached to an aromatic ring is 1. The molecule has 19 heavy (non-hydrogen) atoms. The Morgan fingerprint density at radius 2 is 1.79 bits per heavy atom. The maximum atomic E-state index is 11.5. The van der Waals surface area contributed by atoms with E-state index in [0.29, 0.717) is 16.2 Å². The summed E-state index contributed by atoms with van der Waals surface area (Å²) in [6.45, 7) is 7.90. The van der Waals surface area contributed by atoms with Crippen LogP contribution in [-0.4, -0.2) is 33.8 Å². The Morgan fingerprint density at radius 3 is 2.26 bits per heavy atom. The molecular formula is C12H19BN2O3S. The van der Waals surface area contributed by atoms with E-state index in [0.717, 1.165) is 0 Å². The van der Waals surface area contributed by atoms with E-state index in [-0.39, 0.29) is 0 Å². The number of pyridine rings is 1. The van der Waals surface area contributed by atoms with Crippen LogP contribution in [-0.2, 0) is 20.1 Å². The molecule has 0 amide bonds. The van der Waals surface area contributed by atoms with Crippen molar-refractivity contribution in [2.45, 2.75) is 43.9 Å². The summed E-state index contributed by atoms with van der Waals surface area (Å²) in [6.07, 6.45) is 3.07. The number of hydrogen-bond donors (Lipinski definition) is 1. The first-order valence-corrected chi connectivity index (χ1v) is 7.64. The molecular weight excluding hydrogens is 263 g/mol. The van der Waals surface area contributed by atoms with Gasteiger partial charge in [-0.3, -0.25) is 4.21 Å². The van der Waals surface area contributed by atoms with Gasteiger partial charge in [-0.25, -0.2) is 4.98 Å². The Labute approximate surface area is 116 Å². The van der Waals surface area contributed by atoms with Gasteiger partial charge in [-0.15, -0.1) is 0 Å². The lowest BCUT2D eigenvalue weighted by Gasteiger charge is -2.32. The van der Waals surface area contributed by atoms with E-state index in [4.69, 9.17) is 15.0 Å². The molecule has 0 spiro atoms. The van der Waals surface area contributed by atoms with Crippen molar-refractivity contribution in [3.8, 4) is 0 Å². The largest absolute Gasteiger partial charge is 0.497 e. The van der Waals surface area contributed by atoms with E-state index >= 15 is 0 Å². The van der Waals surface area contributed by atoms with Crippen LogP contribution in [0.25, 0.3) is 0 Å². The highest BCUT2D eigenvalue weighted by atomic mass is 32.2. The molecule has 1 unspecified atom stereocenters. The first-order chi connectivity index (χ1) is 8.64. The summed E-state index contributed by atoms with van der Waals surface area (Å²) in [7, 11) is -1.72. The molecule has 0 aromatic carbocycles. The lowest BCUT2D eigenvalue weighted by Crippen LogP contribution is -2.41. The standard InChI is InChI=1S/C12H19BN2O3S/c1-11(2)12(3,4)18-13(17-11)8-6-10(19(5)16)15-7-9(8)14/h6-7H,14H2,1-5H3. The Kier molecular flexibility index (Phi) is 3.49. The van der Waals surface area contributed by atoms with Gasteiger partial charge < -0.3 is 15.0 Å². The Balaban J connectivity index is 2.39. The molecule has 7 heteroatoms. The lowest BCUT2D eigenvalue weighted by molar-refractivity contribution is 0.00578. The second-order valence-corrected chi connectivity index (χ2v) is 7.02. The molecule has 1 atom stereocenters. The van der Waals surface area contributed by atoms with Gasteiger partial charge in [0, 0.05) is 17.4 Å². The van der Waals surface area contributed by atoms with Gasteiger partial charge in [0.05, 0.1) is 28.2 Å². The molecule has 0 aliphatic carbocycles. The lowest BCUT2D eigenvalue weighted by atomic mass is 9.78. The molecule has 5 nitrogen and oxygen atoms in total. The number of rotatable bonds is 2. The van der Waals surface area contributed by atoms with Crippen molar-refractivity contribution in [2.75, 3.05) is 12.0 Å². The third-order valence-electron chi connectivity index (χ3n) is 3.74. The van der Waals surface area contributed by atoms with E-state index in [1.807, 2.05) is 27.7 Å². The molecule has 1 aromatic heterocycles. The van der Waals surface area contributed by atoms with Gasteiger partial charge in [0.25, 0.3) is 0 Å². The minimum Gasteiger partial charge on any atom is -0.399 e. The fourth-order valence-electron chi connectivity index (χ4n) is 1.79. The summed E-state index contributed by atoms with van der Waals surface area (Å²) in [6, 6.07) is 1.69. The first-order valence-electron chi connectivity index (χ1n) is 6.08. The Bertz CT molecular complexity index is 518. The van der Waals surface area contributed by atoms with Gasteiger partial charge in [-0.05, 0) is 33.8 Å². The van der Waals surface area contributed by atoms with Crippen LogP contribution in [0.5, 0.6) is 0 Å². The fraction of sp³-hybridized carbons (Fsp3) is 0.583. The SMILES string of the molecule is CS(=O)c1cc(B2OC(C)(C)C(C)(C)O2)c(N)cn1. The van der Waals surface area contributed by atoms with Crippen molar-refractivity contribution < 1.29 is 13.5 Å². The Morgan fingerprint density at radius 1 is 1.26 bits per heavy atom. The topological polar surface area (TPSA) is 74.4 Å². The molecule has 2 rings (SSSR count). The minimum atomic E-state index is -1.16. The summed E-state index contributed by atoms with van der Waals surface area (Å²) in [5.74, 6) is 0. The second-order valence-electron chi connectivity index (χ2n) is 5.69. The van der Waals surface area contributed by atoms with Gasteiger partial charge in [0.1, 0.15) is 5.03 Å². The highest BCUT2D eigenvalue weighted by Crippen LogP contribution is 2.36. The van der Waals surface area contributed by atoms with Crippen molar-refractivity contribution >= 4 is 29.1 Å². The highest BCUT2D eigenvalue weighted by molar-refractivity contribution is 7.84. The number of hydrogen-bond acceptors (Lipinski definition) is 5. The molecule has 1 aliphatic heterocycles. The molecule has 2 heterocycles. The molecule has 0 bridgehead atoms. The Hall–Kier alpha value is -0.915. The van der Waals surface area contributed by atoms with Gasteiger partial charge in [0.2, 0.25) is 0 Å². The molecule has 104 valence electrons. The zero-order chi connectivity index (χ0) is 14.4. The predicted octanol–water partition coefficient (Wildman–Crippen LogP) is 0.700. The van der Waals surface area contributed by atoms with Crippen LogP contribution in [0.15, 0.2) is 17.3 Å². The van der Waals surface area contributed by atoms with Crippen LogP contribution in [0.3, 0.4) is 0 Å². The van der Waals surface area contributed by atoms with Crippen molar-refractivity contribution in [2.24, 2.45) is 0 Å². The van der Waals surface area contributed by atoms with E-state index in [1.165, 1.54) is 6.20 Å². The summed E-state index contributed by atoms with van der Waals surface area (Å²) in [4.78, 5) is 4.05. The van der Waals surface area contributed by atoms with E-state index in [1.54, 1.807) is 12.3 Å². The summed E-state index contributed by atoms with van der Waals surface area (Å²) in [5, 5.41) is 0.471.